The van der Waals surface area contributed by atoms with Gasteiger partial charge in [0, 0.05) is 24.1 Å². The van der Waals surface area contributed by atoms with Gasteiger partial charge in [-0.05, 0) is 29.8 Å². The Morgan fingerprint density at radius 2 is 1.78 bits per heavy atom. The standard InChI is InChI=1S/C22H19N3O2/c1-15-6-8-17(9-7-15)22-24-21(27-25-22)13-12-20(26)23-19-11-10-16-4-2-3-5-18(16)14-19/h2-11,14H,12-13H2,1H3,(H,23,26). The number of aryl methyl sites for hydroxylation is 2. The maximum Gasteiger partial charge on any atom is 0.227 e. The second kappa shape index (κ2) is 7.41. The van der Waals surface area contributed by atoms with Crippen LogP contribution < -0.4 is 5.32 Å². The van der Waals surface area contributed by atoms with E-state index in [9.17, 15) is 4.79 Å². The van der Waals surface area contributed by atoms with Gasteiger partial charge in [-0.2, -0.15) is 4.98 Å². The minimum absolute atomic E-state index is 0.0830. The van der Waals surface area contributed by atoms with Gasteiger partial charge in [-0.15, -0.1) is 0 Å². The number of carbonyl (C=O) groups is 1. The van der Waals surface area contributed by atoms with Crippen LogP contribution in [-0.2, 0) is 11.2 Å². The van der Waals surface area contributed by atoms with Crippen molar-refractivity contribution >= 4 is 22.4 Å². The van der Waals surface area contributed by atoms with Gasteiger partial charge < -0.3 is 9.84 Å². The van der Waals surface area contributed by atoms with Crippen LogP contribution in [-0.4, -0.2) is 16.0 Å². The lowest BCUT2D eigenvalue weighted by Gasteiger charge is -2.05. The average Bonchev–Trinajstić information content (AvgIpc) is 3.16. The van der Waals surface area contributed by atoms with Crippen LogP contribution in [0.3, 0.4) is 0 Å². The molecule has 1 N–H and O–H groups in total. The number of benzene rings is 3. The zero-order chi connectivity index (χ0) is 18.6. The van der Waals surface area contributed by atoms with Crippen LogP contribution in [0.25, 0.3) is 22.2 Å². The molecule has 0 radical (unpaired) electrons. The molecule has 1 heterocycles. The van der Waals surface area contributed by atoms with E-state index in [1.54, 1.807) is 0 Å². The van der Waals surface area contributed by atoms with Crippen molar-refractivity contribution in [3.05, 3.63) is 78.2 Å². The number of hydrogen-bond donors (Lipinski definition) is 1. The van der Waals surface area contributed by atoms with E-state index >= 15 is 0 Å². The quantitative estimate of drug-likeness (QED) is 0.559. The minimum atomic E-state index is -0.0830. The summed E-state index contributed by atoms with van der Waals surface area (Å²) in [7, 11) is 0. The van der Waals surface area contributed by atoms with Crippen LogP contribution in [0.15, 0.2) is 71.3 Å². The molecule has 0 aliphatic carbocycles. The first-order valence-electron chi connectivity index (χ1n) is 8.86. The van der Waals surface area contributed by atoms with Crippen molar-refractivity contribution < 1.29 is 9.32 Å². The van der Waals surface area contributed by atoms with Crippen molar-refractivity contribution in [3.8, 4) is 11.4 Å². The van der Waals surface area contributed by atoms with Gasteiger partial charge >= 0.3 is 0 Å². The normalized spacial score (nSPS) is 10.9. The number of nitrogens with one attached hydrogen (secondary N) is 1. The molecule has 0 spiro atoms. The molecular formula is C22H19N3O2. The molecule has 0 unspecified atom stereocenters. The summed E-state index contributed by atoms with van der Waals surface area (Å²) in [5.41, 5.74) is 2.86. The predicted octanol–water partition coefficient (Wildman–Crippen LogP) is 4.77. The number of amides is 1. The van der Waals surface area contributed by atoms with Crippen LogP contribution in [0.2, 0.25) is 0 Å². The fourth-order valence-corrected chi connectivity index (χ4v) is 2.89. The Labute approximate surface area is 157 Å². The molecule has 5 nitrogen and oxygen atoms in total. The van der Waals surface area contributed by atoms with E-state index in [1.165, 1.54) is 5.56 Å². The highest BCUT2D eigenvalue weighted by Gasteiger charge is 2.11. The molecule has 0 atom stereocenters. The van der Waals surface area contributed by atoms with Gasteiger partial charge in [-0.3, -0.25) is 4.79 Å². The number of hydrogen-bond acceptors (Lipinski definition) is 4. The highest BCUT2D eigenvalue weighted by Crippen LogP contribution is 2.20. The summed E-state index contributed by atoms with van der Waals surface area (Å²) in [6.07, 6.45) is 0.681. The molecule has 1 amide bonds. The number of aromatic nitrogens is 2. The Balaban J connectivity index is 1.37. The molecular weight excluding hydrogens is 338 g/mol. The number of rotatable bonds is 5. The average molecular weight is 357 g/mol. The molecule has 0 bridgehead atoms. The number of carbonyl (C=O) groups excluding carboxylic acids is 1. The lowest BCUT2D eigenvalue weighted by atomic mass is 10.1. The van der Waals surface area contributed by atoms with Crippen molar-refractivity contribution in [1.29, 1.82) is 0 Å². The third kappa shape index (κ3) is 4.03. The first kappa shape index (κ1) is 17.0. The molecule has 0 aliphatic rings. The second-order valence-electron chi connectivity index (χ2n) is 6.49. The van der Waals surface area contributed by atoms with E-state index in [-0.39, 0.29) is 12.3 Å². The molecule has 0 aliphatic heterocycles. The lowest BCUT2D eigenvalue weighted by molar-refractivity contribution is -0.116. The zero-order valence-corrected chi connectivity index (χ0v) is 15.0. The van der Waals surface area contributed by atoms with Crippen LogP contribution in [0, 0.1) is 6.92 Å². The number of nitrogens with zero attached hydrogens (tertiary/aromatic N) is 2. The van der Waals surface area contributed by atoms with Gasteiger partial charge in [0.15, 0.2) is 0 Å². The van der Waals surface area contributed by atoms with Gasteiger partial charge in [0.05, 0.1) is 0 Å². The monoisotopic (exact) mass is 357 g/mol. The maximum absolute atomic E-state index is 12.2. The van der Waals surface area contributed by atoms with Crippen LogP contribution in [0.4, 0.5) is 5.69 Å². The summed E-state index contributed by atoms with van der Waals surface area (Å²) in [5, 5.41) is 9.15. The number of fused-ring (bicyclic) bond motifs is 1. The highest BCUT2D eigenvalue weighted by molar-refractivity contribution is 5.94. The first-order chi connectivity index (χ1) is 13.2. The fourth-order valence-electron chi connectivity index (χ4n) is 2.89. The van der Waals surface area contributed by atoms with Gasteiger partial charge in [0.2, 0.25) is 17.6 Å². The third-order valence-electron chi connectivity index (χ3n) is 4.38. The molecule has 4 rings (SSSR count). The van der Waals surface area contributed by atoms with Crippen molar-refractivity contribution in [2.24, 2.45) is 0 Å². The lowest BCUT2D eigenvalue weighted by Crippen LogP contribution is -2.12. The van der Waals surface area contributed by atoms with Crippen LogP contribution in [0.1, 0.15) is 17.9 Å². The van der Waals surface area contributed by atoms with E-state index in [2.05, 4.69) is 15.5 Å². The molecule has 3 aromatic carbocycles. The second-order valence-corrected chi connectivity index (χ2v) is 6.49. The van der Waals surface area contributed by atoms with Gasteiger partial charge in [0.25, 0.3) is 0 Å². The summed E-state index contributed by atoms with van der Waals surface area (Å²) in [5.74, 6) is 0.916. The Hall–Kier alpha value is -3.47. The smallest absolute Gasteiger partial charge is 0.227 e. The fraction of sp³-hybridized carbons (Fsp3) is 0.136. The molecule has 0 saturated heterocycles. The van der Waals surface area contributed by atoms with E-state index < -0.39 is 0 Å². The third-order valence-corrected chi connectivity index (χ3v) is 4.38. The summed E-state index contributed by atoms with van der Waals surface area (Å²) in [4.78, 5) is 16.6. The molecule has 1 aromatic heterocycles. The largest absolute Gasteiger partial charge is 0.339 e. The van der Waals surface area contributed by atoms with Gasteiger partial charge in [-0.25, -0.2) is 0 Å². The Morgan fingerprint density at radius 3 is 2.59 bits per heavy atom. The Bertz CT molecular complexity index is 1080. The van der Waals surface area contributed by atoms with Gasteiger partial charge in [0.1, 0.15) is 0 Å². The van der Waals surface area contributed by atoms with Crippen molar-refractivity contribution in [3.63, 3.8) is 0 Å². The van der Waals surface area contributed by atoms with E-state index in [0.29, 0.717) is 18.1 Å². The molecule has 27 heavy (non-hydrogen) atoms. The topological polar surface area (TPSA) is 68.0 Å². The zero-order valence-electron chi connectivity index (χ0n) is 15.0. The molecule has 0 fully saturated rings. The van der Waals surface area contributed by atoms with Crippen molar-refractivity contribution in [2.45, 2.75) is 19.8 Å². The van der Waals surface area contributed by atoms with E-state index in [0.717, 1.165) is 22.0 Å². The van der Waals surface area contributed by atoms with Crippen LogP contribution >= 0.6 is 0 Å². The van der Waals surface area contributed by atoms with E-state index in [4.69, 9.17) is 4.52 Å². The number of anilines is 1. The predicted molar refractivity (Wildman–Crippen MR) is 105 cm³/mol. The van der Waals surface area contributed by atoms with Crippen molar-refractivity contribution in [2.75, 3.05) is 5.32 Å². The summed E-state index contributed by atoms with van der Waals surface area (Å²) >= 11 is 0. The summed E-state index contributed by atoms with van der Waals surface area (Å²) in [6, 6.07) is 21.8. The molecule has 4 aromatic rings. The van der Waals surface area contributed by atoms with E-state index in [1.807, 2.05) is 73.7 Å². The molecule has 134 valence electrons. The summed E-state index contributed by atoms with van der Waals surface area (Å²) in [6.45, 7) is 2.03. The molecule has 5 heteroatoms. The minimum Gasteiger partial charge on any atom is -0.339 e. The Morgan fingerprint density at radius 1 is 1.00 bits per heavy atom. The first-order valence-corrected chi connectivity index (χ1v) is 8.86. The maximum atomic E-state index is 12.2. The Kier molecular flexibility index (Phi) is 4.66. The summed E-state index contributed by atoms with van der Waals surface area (Å²) < 4.78 is 5.27. The van der Waals surface area contributed by atoms with Crippen LogP contribution in [0.5, 0.6) is 0 Å². The molecule has 0 saturated carbocycles. The highest BCUT2D eigenvalue weighted by atomic mass is 16.5. The van der Waals surface area contributed by atoms with Crippen molar-refractivity contribution in [1.82, 2.24) is 10.1 Å². The SMILES string of the molecule is Cc1ccc(-c2noc(CCC(=O)Nc3ccc4ccccc4c3)n2)cc1. The van der Waals surface area contributed by atoms with Gasteiger partial charge in [-0.1, -0.05) is 65.3 Å².